The van der Waals surface area contributed by atoms with E-state index in [0.29, 0.717) is 6.04 Å². The summed E-state index contributed by atoms with van der Waals surface area (Å²) in [6.07, 6.45) is 5.92. The normalized spacial score (nSPS) is 16.9. The highest BCUT2D eigenvalue weighted by atomic mass is 32.2. The number of hydrogen-bond donors (Lipinski definition) is 2. The molecule has 1 atom stereocenters. The lowest BCUT2D eigenvalue weighted by Crippen LogP contribution is -2.37. The molecule has 108 valence electrons. The second-order valence-electron chi connectivity index (χ2n) is 4.93. The summed E-state index contributed by atoms with van der Waals surface area (Å²) >= 11 is 1.35. The van der Waals surface area contributed by atoms with Crippen molar-refractivity contribution < 1.29 is 14.7 Å². The number of aromatic nitrogens is 1. The van der Waals surface area contributed by atoms with E-state index < -0.39 is 5.97 Å². The molecule has 0 saturated heterocycles. The van der Waals surface area contributed by atoms with Gasteiger partial charge in [-0.15, -0.1) is 11.8 Å². The summed E-state index contributed by atoms with van der Waals surface area (Å²) in [5, 5.41) is 11.7. The molecule has 1 amide bonds. The van der Waals surface area contributed by atoms with Crippen LogP contribution in [-0.4, -0.2) is 33.3 Å². The predicted molar refractivity (Wildman–Crippen MR) is 76.9 cm³/mol. The van der Waals surface area contributed by atoms with Gasteiger partial charge in [0.15, 0.2) is 0 Å². The Bertz CT molecular complexity index is 501. The van der Waals surface area contributed by atoms with E-state index in [4.69, 9.17) is 5.11 Å². The number of carbonyl (C=O) groups is 2. The van der Waals surface area contributed by atoms with Gasteiger partial charge < -0.3 is 10.4 Å². The van der Waals surface area contributed by atoms with Crippen LogP contribution in [0, 0.1) is 0 Å². The Morgan fingerprint density at radius 2 is 2.15 bits per heavy atom. The molecule has 1 aromatic heterocycles. The predicted octanol–water partition coefficient (Wildman–Crippen LogP) is 2.32. The number of aromatic carboxylic acids is 1. The molecule has 1 saturated carbocycles. The fourth-order valence-electron chi connectivity index (χ4n) is 2.25. The second kappa shape index (κ2) is 6.74. The van der Waals surface area contributed by atoms with E-state index in [2.05, 4.69) is 10.3 Å². The Labute approximate surface area is 122 Å². The molecule has 2 N–H and O–H groups in total. The summed E-state index contributed by atoms with van der Waals surface area (Å²) in [6.45, 7) is 1.83. The molecular weight excluding hydrogens is 276 g/mol. The van der Waals surface area contributed by atoms with Crippen molar-refractivity contribution in [1.82, 2.24) is 10.3 Å². The third kappa shape index (κ3) is 3.96. The third-order valence-corrected chi connectivity index (χ3v) is 4.43. The summed E-state index contributed by atoms with van der Waals surface area (Å²) in [6, 6.07) is 3.51. The van der Waals surface area contributed by atoms with Crippen LogP contribution in [0.4, 0.5) is 0 Å². The third-order valence-electron chi connectivity index (χ3n) is 3.33. The number of pyridine rings is 1. The number of thioether (sulfide) groups is 1. The largest absolute Gasteiger partial charge is 0.477 e. The summed E-state index contributed by atoms with van der Waals surface area (Å²) < 4.78 is 0. The highest BCUT2D eigenvalue weighted by Gasteiger charge is 2.21. The first-order valence-corrected chi connectivity index (χ1v) is 7.60. The lowest BCUT2D eigenvalue weighted by Gasteiger charge is -2.16. The van der Waals surface area contributed by atoms with E-state index in [0.717, 1.165) is 17.7 Å². The van der Waals surface area contributed by atoms with Crippen LogP contribution >= 0.6 is 11.8 Å². The zero-order valence-corrected chi connectivity index (χ0v) is 12.2. The Hall–Kier alpha value is -1.56. The molecular formula is C14H18N2O3S. The Morgan fingerprint density at radius 3 is 2.80 bits per heavy atom. The van der Waals surface area contributed by atoms with Crippen LogP contribution in [0.5, 0.6) is 0 Å². The Morgan fingerprint density at radius 1 is 1.45 bits per heavy atom. The van der Waals surface area contributed by atoms with E-state index in [1.54, 1.807) is 6.07 Å². The maximum atomic E-state index is 12.1. The quantitative estimate of drug-likeness (QED) is 0.815. The number of carboxylic acids is 1. The molecule has 2 rings (SSSR count). The molecule has 0 spiro atoms. The van der Waals surface area contributed by atoms with Crippen LogP contribution in [-0.2, 0) is 4.79 Å². The molecule has 0 bridgehead atoms. The van der Waals surface area contributed by atoms with Crippen molar-refractivity contribution in [1.29, 1.82) is 0 Å². The Balaban J connectivity index is 1.92. The van der Waals surface area contributed by atoms with Gasteiger partial charge in [-0.3, -0.25) is 4.79 Å². The van der Waals surface area contributed by atoms with Gasteiger partial charge >= 0.3 is 5.97 Å². The van der Waals surface area contributed by atoms with Crippen molar-refractivity contribution >= 4 is 23.6 Å². The first-order valence-electron chi connectivity index (χ1n) is 6.72. The average molecular weight is 294 g/mol. The minimum atomic E-state index is -1.06. The number of nitrogens with zero attached hydrogens (tertiary/aromatic N) is 1. The minimum Gasteiger partial charge on any atom is -0.477 e. The van der Waals surface area contributed by atoms with Gasteiger partial charge in [0, 0.05) is 17.1 Å². The van der Waals surface area contributed by atoms with Crippen molar-refractivity contribution in [2.45, 2.75) is 48.8 Å². The number of rotatable bonds is 5. The van der Waals surface area contributed by atoms with Crippen molar-refractivity contribution in [2.24, 2.45) is 0 Å². The van der Waals surface area contributed by atoms with E-state index in [1.165, 1.54) is 36.9 Å². The highest BCUT2D eigenvalue weighted by molar-refractivity contribution is 8.00. The maximum absolute atomic E-state index is 12.1. The van der Waals surface area contributed by atoms with Gasteiger partial charge in [-0.1, -0.05) is 12.8 Å². The van der Waals surface area contributed by atoms with Gasteiger partial charge in [-0.2, -0.15) is 0 Å². The smallest absolute Gasteiger partial charge is 0.354 e. The van der Waals surface area contributed by atoms with E-state index in [1.807, 2.05) is 6.92 Å². The summed E-state index contributed by atoms with van der Waals surface area (Å²) in [5.74, 6) is -1.05. The van der Waals surface area contributed by atoms with Gasteiger partial charge in [0.05, 0.1) is 5.25 Å². The molecule has 6 heteroatoms. The second-order valence-corrected chi connectivity index (χ2v) is 6.35. The summed E-state index contributed by atoms with van der Waals surface area (Å²) in [4.78, 5) is 27.4. The van der Waals surface area contributed by atoms with Crippen LogP contribution in [0.2, 0.25) is 0 Å². The lowest BCUT2D eigenvalue weighted by molar-refractivity contribution is -0.120. The van der Waals surface area contributed by atoms with Gasteiger partial charge in [0.2, 0.25) is 5.91 Å². The standard InChI is InChI=1S/C14H18N2O3S/c1-9(13(17)16-10-4-2-3-5-10)20-11-6-7-15-12(8-11)14(18)19/h6-10H,2-5H2,1H3,(H,16,17)(H,18,19). The number of nitrogens with one attached hydrogen (secondary N) is 1. The Kier molecular flexibility index (Phi) is 5.00. The molecule has 1 aliphatic rings. The molecule has 20 heavy (non-hydrogen) atoms. The molecule has 0 radical (unpaired) electrons. The fourth-order valence-corrected chi connectivity index (χ4v) is 3.15. The van der Waals surface area contributed by atoms with Crippen LogP contribution in [0.1, 0.15) is 43.1 Å². The number of hydrogen-bond acceptors (Lipinski definition) is 4. The first kappa shape index (κ1) is 14.8. The maximum Gasteiger partial charge on any atom is 0.354 e. The monoisotopic (exact) mass is 294 g/mol. The number of carbonyl (C=O) groups excluding carboxylic acids is 1. The van der Waals surface area contributed by atoms with E-state index in [-0.39, 0.29) is 16.9 Å². The van der Waals surface area contributed by atoms with Crippen molar-refractivity contribution in [3.63, 3.8) is 0 Å². The average Bonchev–Trinajstić information content (AvgIpc) is 2.91. The molecule has 1 unspecified atom stereocenters. The molecule has 1 aliphatic carbocycles. The van der Waals surface area contributed by atoms with Crippen LogP contribution in [0.3, 0.4) is 0 Å². The lowest BCUT2D eigenvalue weighted by atomic mass is 10.2. The van der Waals surface area contributed by atoms with Crippen molar-refractivity contribution in [3.05, 3.63) is 24.0 Å². The first-order chi connectivity index (χ1) is 9.56. The zero-order valence-electron chi connectivity index (χ0n) is 11.3. The van der Waals surface area contributed by atoms with Gasteiger partial charge in [-0.25, -0.2) is 9.78 Å². The summed E-state index contributed by atoms with van der Waals surface area (Å²) in [7, 11) is 0. The van der Waals surface area contributed by atoms with Crippen molar-refractivity contribution in [2.75, 3.05) is 0 Å². The summed E-state index contributed by atoms with van der Waals surface area (Å²) in [5.41, 5.74) is -0.00148. The molecule has 0 aromatic carbocycles. The SMILES string of the molecule is CC(Sc1ccnc(C(=O)O)c1)C(=O)NC1CCCC1. The van der Waals surface area contributed by atoms with Crippen LogP contribution in [0.15, 0.2) is 23.2 Å². The van der Waals surface area contributed by atoms with Gasteiger partial charge in [0.1, 0.15) is 5.69 Å². The molecule has 1 aromatic rings. The van der Waals surface area contributed by atoms with E-state index >= 15 is 0 Å². The molecule has 1 heterocycles. The van der Waals surface area contributed by atoms with E-state index in [9.17, 15) is 9.59 Å². The van der Waals surface area contributed by atoms with Gasteiger partial charge in [-0.05, 0) is 31.9 Å². The van der Waals surface area contributed by atoms with Crippen molar-refractivity contribution in [3.8, 4) is 0 Å². The molecule has 5 nitrogen and oxygen atoms in total. The van der Waals surface area contributed by atoms with Gasteiger partial charge in [0.25, 0.3) is 0 Å². The number of carboxylic acid groups (broad SMARTS) is 1. The molecule has 0 aliphatic heterocycles. The van der Waals surface area contributed by atoms with Crippen LogP contribution < -0.4 is 5.32 Å². The van der Waals surface area contributed by atoms with Crippen LogP contribution in [0.25, 0.3) is 0 Å². The number of amides is 1. The topological polar surface area (TPSA) is 79.3 Å². The fraction of sp³-hybridized carbons (Fsp3) is 0.500. The zero-order chi connectivity index (χ0) is 14.5. The minimum absolute atomic E-state index is 0.00148. The molecule has 1 fully saturated rings. The highest BCUT2D eigenvalue weighted by Crippen LogP contribution is 2.24.